The Morgan fingerprint density at radius 3 is 1.68 bits per heavy atom. The van der Waals surface area contributed by atoms with Gasteiger partial charge in [0.05, 0.1) is 43.4 Å². The van der Waals surface area contributed by atoms with Crippen LogP contribution in [0.15, 0.2) is 73.2 Å². The minimum absolute atomic E-state index is 0.00828. The van der Waals surface area contributed by atoms with Gasteiger partial charge in [-0.1, -0.05) is 18.2 Å². The normalized spacial score (nSPS) is 27.5. The van der Waals surface area contributed by atoms with Crippen molar-refractivity contribution in [1.82, 2.24) is 24.8 Å². The Kier molecular flexibility index (Phi) is 6.77. The fraction of sp³-hybridized carbons (Fsp3) is 0.357. The van der Waals surface area contributed by atoms with Crippen LogP contribution in [0, 0.1) is 10.8 Å². The Balaban J connectivity index is 1.80. The number of aromatic nitrogens is 3. The lowest BCUT2D eigenvalue weighted by atomic mass is 9.54. The van der Waals surface area contributed by atoms with Crippen molar-refractivity contribution in [3.8, 4) is 0 Å². The van der Waals surface area contributed by atoms with Crippen LogP contribution in [0.1, 0.15) is 29.2 Å². The zero-order valence-corrected chi connectivity index (χ0v) is 21.5. The fourth-order valence-corrected chi connectivity index (χ4v) is 6.30. The number of ketones is 1. The Morgan fingerprint density at radius 1 is 0.816 bits per heavy atom. The highest BCUT2D eigenvalue weighted by Gasteiger charge is 2.75. The van der Waals surface area contributed by atoms with Gasteiger partial charge in [0.15, 0.2) is 16.6 Å². The maximum Gasteiger partial charge on any atom is 0.322 e. The van der Waals surface area contributed by atoms with E-state index in [0.717, 1.165) is 5.69 Å². The first kappa shape index (κ1) is 25.6. The number of hydrogen-bond donors (Lipinski definition) is 0. The number of Topliss-reactive ketones (excluding diaryl/α,β-unsaturated/α-hetero) is 1. The molecule has 3 aromatic rings. The molecule has 0 radical (unpaired) electrons. The molecular weight excluding hydrogens is 486 g/mol. The van der Waals surface area contributed by atoms with Crippen LogP contribution in [0.4, 0.5) is 0 Å². The lowest BCUT2D eigenvalue weighted by Gasteiger charge is -2.60. The van der Waals surface area contributed by atoms with Gasteiger partial charge in [0, 0.05) is 38.2 Å². The predicted molar refractivity (Wildman–Crippen MR) is 135 cm³/mol. The standard InChI is InChI=1S/C28H29N5O5/c1-32-22(20-11-5-8-14-30-20)27(25(35)37-2)17-33(16-19-10-4-7-13-29-19)18-28(24(27)34,26(36)38-3)23(32)21-12-6-9-15-31-21/h4-15,22-23H,16-18H2,1-3H3/t22-,23+,27-,28+. The molecule has 196 valence electrons. The summed E-state index contributed by atoms with van der Waals surface area (Å²) in [7, 11) is 4.29. The van der Waals surface area contributed by atoms with Crippen molar-refractivity contribution in [3.05, 3.63) is 90.3 Å². The van der Waals surface area contributed by atoms with Crippen molar-refractivity contribution in [3.63, 3.8) is 0 Å². The second kappa shape index (κ2) is 10.0. The molecule has 10 nitrogen and oxygen atoms in total. The molecule has 2 saturated heterocycles. The van der Waals surface area contributed by atoms with Crippen molar-refractivity contribution in [2.45, 2.75) is 18.6 Å². The van der Waals surface area contributed by atoms with Gasteiger partial charge in [0.1, 0.15) is 0 Å². The Bertz CT molecular complexity index is 1250. The number of likely N-dealkylation sites (tertiary alicyclic amines) is 2. The SMILES string of the molecule is COC(=O)[C@]12CN(Cc3ccccn3)C[C@](C(=O)OC)(C1=O)[C@@H](c1ccccn1)N(C)[C@H]2c1ccccn1. The Morgan fingerprint density at radius 2 is 1.29 bits per heavy atom. The Labute approximate surface area is 220 Å². The van der Waals surface area contributed by atoms with Crippen LogP contribution in [-0.2, 0) is 30.4 Å². The third-order valence-corrected chi connectivity index (χ3v) is 7.65. The van der Waals surface area contributed by atoms with Crippen LogP contribution in [0.2, 0.25) is 0 Å². The number of ether oxygens (including phenoxy) is 2. The molecule has 0 aromatic carbocycles. The monoisotopic (exact) mass is 515 g/mol. The average molecular weight is 516 g/mol. The van der Waals surface area contributed by atoms with E-state index < -0.39 is 40.6 Å². The van der Waals surface area contributed by atoms with E-state index in [1.807, 2.05) is 28.0 Å². The molecule has 0 saturated carbocycles. The second-order valence-electron chi connectivity index (χ2n) is 9.70. The van der Waals surface area contributed by atoms with Gasteiger partial charge in [-0.05, 0) is 43.4 Å². The Hall–Kier alpha value is -4.02. The molecule has 0 aliphatic carbocycles. The van der Waals surface area contributed by atoms with Gasteiger partial charge in [0.25, 0.3) is 0 Å². The summed E-state index contributed by atoms with van der Waals surface area (Å²) in [6, 6.07) is 14.5. The van der Waals surface area contributed by atoms with Gasteiger partial charge in [-0.25, -0.2) is 0 Å². The highest BCUT2D eigenvalue weighted by molar-refractivity contribution is 6.17. The van der Waals surface area contributed by atoms with E-state index in [1.54, 1.807) is 62.0 Å². The van der Waals surface area contributed by atoms with Gasteiger partial charge in [-0.2, -0.15) is 0 Å². The lowest BCUT2D eigenvalue weighted by Crippen LogP contribution is -2.75. The van der Waals surface area contributed by atoms with E-state index in [2.05, 4.69) is 15.0 Å². The molecular formula is C28H29N5O5. The van der Waals surface area contributed by atoms with E-state index in [9.17, 15) is 14.4 Å². The van der Waals surface area contributed by atoms with Crippen LogP contribution in [0.3, 0.4) is 0 Å². The summed E-state index contributed by atoms with van der Waals surface area (Å²) in [5.41, 5.74) is -1.80. The summed E-state index contributed by atoms with van der Waals surface area (Å²) in [5, 5.41) is 0. The van der Waals surface area contributed by atoms with Crippen LogP contribution in [0.25, 0.3) is 0 Å². The van der Waals surface area contributed by atoms with Gasteiger partial charge >= 0.3 is 11.9 Å². The summed E-state index contributed by atoms with van der Waals surface area (Å²) in [4.78, 5) is 59.8. The minimum atomic E-state index is -1.77. The van der Waals surface area contributed by atoms with E-state index in [1.165, 1.54) is 14.2 Å². The van der Waals surface area contributed by atoms with Crippen LogP contribution < -0.4 is 0 Å². The van der Waals surface area contributed by atoms with E-state index in [4.69, 9.17) is 9.47 Å². The first-order valence-corrected chi connectivity index (χ1v) is 12.3. The third-order valence-electron chi connectivity index (χ3n) is 7.65. The summed E-state index contributed by atoms with van der Waals surface area (Å²) in [5.74, 6) is -2.02. The first-order valence-electron chi connectivity index (χ1n) is 12.3. The van der Waals surface area contributed by atoms with Crippen molar-refractivity contribution in [2.24, 2.45) is 10.8 Å². The van der Waals surface area contributed by atoms with Crippen LogP contribution in [-0.4, -0.2) is 76.8 Å². The zero-order valence-electron chi connectivity index (χ0n) is 21.5. The number of nitrogens with zero attached hydrogens (tertiary/aromatic N) is 5. The molecule has 2 fully saturated rings. The fourth-order valence-electron chi connectivity index (χ4n) is 6.30. The molecule has 10 heteroatoms. The van der Waals surface area contributed by atoms with E-state index in [0.29, 0.717) is 17.9 Å². The summed E-state index contributed by atoms with van der Waals surface area (Å²) in [6.45, 7) is 0.321. The summed E-state index contributed by atoms with van der Waals surface area (Å²) < 4.78 is 10.6. The number of pyridine rings is 3. The highest BCUT2D eigenvalue weighted by Crippen LogP contribution is 2.60. The average Bonchev–Trinajstić information content (AvgIpc) is 2.95. The van der Waals surface area contributed by atoms with Gasteiger partial charge < -0.3 is 9.47 Å². The molecule has 38 heavy (non-hydrogen) atoms. The van der Waals surface area contributed by atoms with Crippen LogP contribution >= 0.6 is 0 Å². The van der Waals surface area contributed by atoms with Crippen molar-refractivity contribution >= 4 is 17.7 Å². The molecule has 0 unspecified atom stereocenters. The molecule has 2 aliphatic heterocycles. The molecule has 5 rings (SSSR count). The molecule has 0 amide bonds. The maximum absolute atomic E-state index is 14.8. The molecule has 4 atom stereocenters. The zero-order chi connectivity index (χ0) is 26.9. The predicted octanol–water partition coefficient (Wildman–Crippen LogP) is 2.00. The summed E-state index contributed by atoms with van der Waals surface area (Å²) >= 11 is 0. The number of hydrogen-bond acceptors (Lipinski definition) is 10. The molecule has 5 heterocycles. The largest absolute Gasteiger partial charge is 0.468 e. The number of carbonyl (C=O) groups is 3. The van der Waals surface area contributed by atoms with E-state index in [-0.39, 0.29) is 13.1 Å². The highest BCUT2D eigenvalue weighted by atomic mass is 16.5. The number of methoxy groups -OCH3 is 2. The third kappa shape index (κ3) is 3.79. The van der Waals surface area contributed by atoms with Gasteiger partial charge in [0.2, 0.25) is 0 Å². The maximum atomic E-state index is 14.8. The lowest BCUT2D eigenvalue weighted by molar-refractivity contribution is -0.204. The van der Waals surface area contributed by atoms with Crippen molar-refractivity contribution in [2.75, 3.05) is 34.4 Å². The number of fused-ring (bicyclic) bond motifs is 2. The smallest absolute Gasteiger partial charge is 0.322 e. The number of esters is 2. The number of carbonyl (C=O) groups excluding carboxylic acids is 3. The van der Waals surface area contributed by atoms with Crippen molar-refractivity contribution in [1.29, 1.82) is 0 Å². The first-order chi connectivity index (χ1) is 18.4. The topological polar surface area (TPSA) is 115 Å². The molecule has 2 bridgehead atoms. The molecule has 0 spiro atoms. The van der Waals surface area contributed by atoms with Crippen molar-refractivity contribution < 1.29 is 23.9 Å². The molecule has 3 aromatic heterocycles. The quantitative estimate of drug-likeness (QED) is 0.357. The van der Waals surface area contributed by atoms with Gasteiger partial charge in [-0.3, -0.25) is 39.1 Å². The van der Waals surface area contributed by atoms with Gasteiger partial charge in [-0.15, -0.1) is 0 Å². The molecule has 0 N–H and O–H groups in total. The minimum Gasteiger partial charge on any atom is -0.468 e. The molecule has 2 aliphatic rings. The number of rotatable bonds is 6. The number of piperidine rings is 2. The second-order valence-corrected chi connectivity index (χ2v) is 9.70. The van der Waals surface area contributed by atoms with E-state index >= 15 is 0 Å². The summed E-state index contributed by atoms with van der Waals surface area (Å²) in [6.07, 6.45) is 4.91. The van der Waals surface area contributed by atoms with Crippen LogP contribution in [0.5, 0.6) is 0 Å².